The predicted molar refractivity (Wildman–Crippen MR) is 55.6 cm³/mol. The van der Waals surface area contributed by atoms with Crippen LogP contribution in [0.15, 0.2) is 17.1 Å². The fraction of sp³-hybridized carbons (Fsp3) is 0.667. The molecule has 0 amide bonds. The summed E-state index contributed by atoms with van der Waals surface area (Å²) in [6.07, 6.45) is 2.50. The average molecular weight is 213 g/mol. The Morgan fingerprint density at radius 2 is 2.00 bits per heavy atom. The molecule has 0 aromatic carbocycles. The summed E-state index contributed by atoms with van der Waals surface area (Å²) >= 11 is 0. The maximum absolute atomic E-state index is 9.81. The minimum absolute atomic E-state index is 0.285. The molecule has 0 saturated heterocycles. The van der Waals surface area contributed by atoms with Crippen molar-refractivity contribution in [1.82, 2.24) is 4.98 Å². The van der Waals surface area contributed by atoms with Gasteiger partial charge in [-0.15, -0.1) is 0 Å². The summed E-state index contributed by atoms with van der Waals surface area (Å²) in [7, 11) is -1.20. The van der Waals surface area contributed by atoms with Gasteiger partial charge in [0.1, 0.15) is 11.9 Å². The van der Waals surface area contributed by atoms with Crippen LogP contribution in [-0.2, 0) is 4.65 Å². The van der Waals surface area contributed by atoms with Crippen LogP contribution in [0.2, 0.25) is 0 Å². The van der Waals surface area contributed by atoms with E-state index in [0.717, 1.165) is 0 Å². The van der Waals surface area contributed by atoms with Gasteiger partial charge in [-0.05, 0) is 27.7 Å². The number of nitrogens with zero attached hydrogens (tertiary/aromatic N) is 1. The van der Waals surface area contributed by atoms with Crippen LogP contribution in [0.1, 0.15) is 27.7 Å². The van der Waals surface area contributed by atoms with Crippen LogP contribution in [-0.4, -0.2) is 33.4 Å². The molecule has 15 heavy (non-hydrogen) atoms. The largest absolute Gasteiger partial charge is 0.514 e. The van der Waals surface area contributed by atoms with Gasteiger partial charge in [0.15, 0.2) is 6.39 Å². The van der Waals surface area contributed by atoms with Gasteiger partial charge < -0.3 is 19.2 Å². The van der Waals surface area contributed by atoms with Gasteiger partial charge >= 0.3 is 7.12 Å². The van der Waals surface area contributed by atoms with Gasteiger partial charge in [-0.1, -0.05) is 0 Å². The quantitative estimate of drug-likeness (QED) is 0.684. The maximum Gasteiger partial charge on any atom is 0.514 e. The third-order valence-electron chi connectivity index (χ3n) is 2.58. The van der Waals surface area contributed by atoms with Crippen molar-refractivity contribution in [2.75, 3.05) is 0 Å². The minimum Gasteiger partial charge on any atom is -0.452 e. The topological polar surface area (TPSA) is 75.7 Å². The number of rotatable bonds is 4. The zero-order chi connectivity index (χ0) is 11.7. The molecule has 6 heteroatoms. The highest BCUT2D eigenvalue weighted by molar-refractivity contribution is 6.58. The monoisotopic (exact) mass is 213 g/mol. The van der Waals surface area contributed by atoms with Crippen molar-refractivity contribution in [3.8, 4) is 0 Å². The van der Waals surface area contributed by atoms with Crippen LogP contribution in [0.5, 0.6) is 0 Å². The van der Waals surface area contributed by atoms with Crippen molar-refractivity contribution in [2.24, 2.45) is 0 Å². The van der Waals surface area contributed by atoms with E-state index in [1.165, 1.54) is 12.7 Å². The van der Waals surface area contributed by atoms with E-state index >= 15 is 0 Å². The molecule has 0 spiro atoms. The van der Waals surface area contributed by atoms with E-state index < -0.39 is 18.3 Å². The summed E-state index contributed by atoms with van der Waals surface area (Å²) in [4.78, 5) is 3.76. The lowest BCUT2D eigenvalue weighted by Gasteiger charge is -2.38. The fourth-order valence-electron chi connectivity index (χ4n) is 0.827. The Morgan fingerprint density at radius 1 is 1.40 bits per heavy atom. The van der Waals surface area contributed by atoms with Gasteiger partial charge in [-0.3, -0.25) is 0 Å². The van der Waals surface area contributed by atoms with E-state index in [4.69, 9.17) is 9.07 Å². The molecule has 0 radical (unpaired) electrons. The lowest BCUT2D eigenvalue weighted by atomic mass is 9.81. The Hall–Kier alpha value is -0.845. The molecule has 0 bridgehead atoms. The lowest BCUT2D eigenvalue weighted by Crippen LogP contribution is -2.53. The van der Waals surface area contributed by atoms with E-state index in [0.29, 0.717) is 0 Å². The molecule has 0 aliphatic heterocycles. The average Bonchev–Trinajstić information content (AvgIpc) is 2.51. The third kappa shape index (κ3) is 2.81. The van der Waals surface area contributed by atoms with Crippen LogP contribution in [0.4, 0.5) is 0 Å². The molecule has 5 nitrogen and oxygen atoms in total. The van der Waals surface area contributed by atoms with E-state index in [9.17, 15) is 10.1 Å². The second-order valence-corrected chi connectivity index (χ2v) is 4.45. The predicted octanol–water partition coefficient (Wildman–Crippen LogP) is -0.0718. The van der Waals surface area contributed by atoms with Gasteiger partial charge in [0, 0.05) is 0 Å². The summed E-state index contributed by atoms with van der Waals surface area (Å²) < 4.78 is 10.1. The normalized spacial score (nSPS) is 12.9. The Kier molecular flexibility index (Phi) is 3.23. The summed E-state index contributed by atoms with van der Waals surface area (Å²) in [5.74, 6) is 0. The van der Waals surface area contributed by atoms with E-state index in [-0.39, 0.29) is 5.59 Å². The van der Waals surface area contributed by atoms with Crippen LogP contribution in [0, 0.1) is 0 Å². The first-order valence-corrected chi connectivity index (χ1v) is 4.70. The molecule has 0 saturated carbocycles. The molecule has 84 valence electrons. The Bertz CT molecular complexity index is 304. The second kappa shape index (κ2) is 3.96. The van der Waals surface area contributed by atoms with Crippen molar-refractivity contribution in [3.63, 3.8) is 0 Å². The first-order chi connectivity index (χ1) is 6.74. The molecule has 0 fully saturated rings. The zero-order valence-electron chi connectivity index (χ0n) is 9.39. The first-order valence-electron chi connectivity index (χ1n) is 4.70. The number of aliphatic hydroxyl groups is 1. The number of oxazole rings is 1. The minimum atomic E-state index is -1.20. The Labute approximate surface area is 89.2 Å². The molecule has 0 atom stereocenters. The summed E-state index contributed by atoms with van der Waals surface area (Å²) in [6.45, 7) is 6.61. The van der Waals surface area contributed by atoms with E-state index in [2.05, 4.69) is 4.98 Å². The molecule has 1 heterocycles. The van der Waals surface area contributed by atoms with Gasteiger partial charge in [0.25, 0.3) is 0 Å². The van der Waals surface area contributed by atoms with Gasteiger partial charge in [-0.25, -0.2) is 4.98 Å². The number of hydrogen-bond acceptors (Lipinski definition) is 5. The standard InChI is InChI=1S/C9H16BNO4/c1-8(2,12)9(3,4)15-10(13)7-5-14-6-11-7/h5-6,12-13H,1-4H3. The molecule has 1 rings (SSSR count). The molecular weight excluding hydrogens is 197 g/mol. The van der Waals surface area contributed by atoms with Gasteiger partial charge in [0.2, 0.25) is 0 Å². The van der Waals surface area contributed by atoms with Gasteiger partial charge in [0.05, 0.1) is 11.2 Å². The van der Waals surface area contributed by atoms with Crippen molar-refractivity contribution >= 4 is 12.7 Å². The Morgan fingerprint density at radius 3 is 2.40 bits per heavy atom. The van der Waals surface area contributed by atoms with Crippen molar-refractivity contribution in [2.45, 2.75) is 38.9 Å². The second-order valence-electron chi connectivity index (χ2n) is 4.45. The number of hydrogen-bond donors (Lipinski definition) is 2. The molecule has 1 aromatic rings. The third-order valence-corrected chi connectivity index (χ3v) is 2.58. The van der Waals surface area contributed by atoms with Crippen LogP contribution >= 0.6 is 0 Å². The number of aromatic nitrogens is 1. The van der Waals surface area contributed by atoms with Gasteiger partial charge in [-0.2, -0.15) is 0 Å². The van der Waals surface area contributed by atoms with Crippen molar-refractivity contribution in [1.29, 1.82) is 0 Å². The van der Waals surface area contributed by atoms with E-state index in [1.807, 2.05) is 0 Å². The summed E-state index contributed by atoms with van der Waals surface area (Å²) in [5, 5.41) is 19.5. The van der Waals surface area contributed by atoms with Crippen LogP contribution < -0.4 is 5.59 Å². The lowest BCUT2D eigenvalue weighted by molar-refractivity contribution is -0.0983. The maximum atomic E-state index is 9.81. The highest BCUT2D eigenvalue weighted by atomic mass is 16.5. The molecular formula is C9H16BNO4. The van der Waals surface area contributed by atoms with Crippen LogP contribution in [0.25, 0.3) is 0 Å². The summed E-state index contributed by atoms with van der Waals surface area (Å²) in [6, 6.07) is 0. The SMILES string of the molecule is CC(C)(O)C(C)(C)OB(O)c1cocn1. The zero-order valence-corrected chi connectivity index (χ0v) is 9.39. The van der Waals surface area contributed by atoms with Crippen LogP contribution in [0.3, 0.4) is 0 Å². The molecule has 0 aliphatic carbocycles. The molecule has 0 aliphatic rings. The fourth-order valence-corrected chi connectivity index (χ4v) is 0.827. The smallest absolute Gasteiger partial charge is 0.452 e. The molecule has 2 N–H and O–H groups in total. The first kappa shape index (κ1) is 12.2. The molecule has 1 aromatic heterocycles. The highest BCUT2D eigenvalue weighted by Gasteiger charge is 2.40. The van der Waals surface area contributed by atoms with Crippen molar-refractivity contribution in [3.05, 3.63) is 12.7 Å². The van der Waals surface area contributed by atoms with E-state index in [1.54, 1.807) is 27.7 Å². The highest BCUT2D eigenvalue weighted by Crippen LogP contribution is 2.25. The van der Waals surface area contributed by atoms with Crippen molar-refractivity contribution < 1.29 is 19.2 Å². The summed E-state index contributed by atoms with van der Waals surface area (Å²) in [5.41, 5.74) is -1.68. The molecule has 0 unspecified atom stereocenters. The Balaban J connectivity index is 2.70.